The molecule has 0 saturated carbocycles. The molecule has 1 amide bonds. The molecule has 1 aliphatic rings. The summed E-state index contributed by atoms with van der Waals surface area (Å²) in [5, 5.41) is 6.23. The SMILES string of the molecule is COc1ccc(C)c(OC)c1OC.O=CNc1cccc(C2Nc3cnccc3S2)c1. The Balaban J connectivity index is 0.000000187. The van der Waals surface area contributed by atoms with E-state index in [0.29, 0.717) is 17.9 Å². The molecular formula is C23H25N3O4S. The van der Waals surface area contributed by atoms with Crippen molar-refractivity contribution in [3.8, 4) is 17.2 Å². The van der Waals surface area contributed by atoms with E-state index in [1.165, 1.54) is 4.90 Å². The van der Waals surface area contributed by atoms with E-state index in [4.69, 9.17) is 14.2 Å². The number of ether oxygens (including phenoxy) is 3. The second-order valence-electron chi connectivity index (χ2n) is 6.55. The van der Waals surface area contributed by atoms with Gasteiger partial charge in [-0.15, -0.1) is 0 Å². The van der Waals surface area contributed by atoms with Gasteiger partial charge in [0.1, 0.15) is 5.37 Å². The maximum atomic E-state index is 10.4. The summed E-state index contributed by atoms with van der Waals surface area (Å²) in [7, 11) is 4.82. The van der Waals surface area contributed by atoms with Crippen molar-refractivity contribution in [2.75, 3.05) is 32.0 Å². The molecule has 3 aromatic rings. The molecule has 1 aliphatic heterocycles. The number of benzene rings is 2. The Hall–Kier alpha value is -3.39. The van der Waals surface area contributed by atoms with Gasteiger partial charge in [-0.3, -0.25) is 9.78 Å². The summed E-state index contributed by atoms with van der Waals surface area (Å²) in [6.45, 7) is 1.96. The van der Waals surface area contributed by atoms with Crippen molar-refractivity contribution in [3.63, 3.8) is 0 Å². The van der Waals surface area contributed by atoms with E-state index in [9.17, 15) is 4.79 Å². The number of hydrogen-bond donors (Lipinski definition) is 2. The first-order valence-electron chi connectivity index (χ1n) is 9.54. The second-order valence-corrected chi connectivity index (χ2v) is 7.70. The van der Waals surface area contributed by atoms with Gasteiger partial charge in [0.05, 0.1) is 33.2 Å². The van der Waals surface area contributed by atoms with Crippen molar-refractivity contribution in [1.82, 2.24) is 4.98 Å². The zero-order valence-electron chi connectivity index (χ0n) is 17.8. The number of pyridine rings is 1. The predicted molar refractivity (Wildman–Crippen MR) is 123 cm³/mol. The van der Waals surface area contributed by atoms with Crippen LogP contribution >= 0.6 is 11.8 Å². The van der Waals surface area contributed by atoms with Gasteiger partial charge in [-0.2, -0.15) is 0 Å². The summed E-state index contributed by atoms with van der Waals surface area (Å²) in [6.07, 6.45) is 4.31. The topological polar surface area (TPSA) is 81.7 Å². The number of aryl methyl sites for hydroxylation is 1. The van der Waals surface area contributed by atoms with Gasteiger partial charge in [0.15, 0.2) is 11.5 Å². The minimum atomic E-state index is 0.164. The van der Waals surface area contributed by atoms with Gasteiger partial charge in [0.25, 0.3) is 0 Å². The highest BCUT2D eigenvalue weighted by molar-refractivity contribution is 8.00. The van der Waals surface area contributed by atoms with Crippen molar-refractivity contribution in [1.29, 1.82) is 0 Å². The van der Waals surface area contributed by atoms with Crippen LogP contribution in [0.5, 0.6) is 17.2 Å². The Morgan fingerprint density at radius 3 is 2.55 bits per heavy atom. The fourth-order valence-electron chi connectivity index (χ4n) is 3.15. The number of carbonyl (C=O) groups excluding carboxylic acids is 1. The molecular weight excluding hydrogens is 414 g/mol. The summed E-state index contributed by atoms with van der Waals surface area (Å²) < 4.78 is 15.5. The number of amides is 1. The Labute approximate surface area is 186 Å². The largest absolute Gasteiger partial charge is 0.493 e. The number of hydrogen-bond acceptors (Lipinski definition) is 7. The lowest BCUT2D eigenvalue weighted by atomic mass is 10.2. The molecule has 8 heteroatoms. The van der Waals surface area contributed by atoms with Crippen molar-refractivity contribution in [3.05, 3.63) is 66.0 Å². The number of anilines is 2. The molecule has 4 rings (SSSR count). The number of aromatic nitrogens is 1. The molecule has 0 saturated heterocycles. The van der Waals surface area contributed by atoms with E-state index in [0.717, 1.165) is 28.3 Å². The molecule has 2 N–H and O–H groups in total. The molecule has 2 heterocycles. The Morgan fingerprint density at radius 2 is 1.87 bits per heavy atom. The van der Waals surface area contributed by atoms with Crippen LogP contribution in [0.25, 0.3) is 0 Å². The summed E-state index contributed by atoms with van der Waals surface area (Å²) in [4.78, 5) is 15.7. The highest BCUT2D eigenvalue weighted by Crippen LogP contribution is 2.46. The lowest BCUT2D eigenvalue weighted by Gasteiger charge is -2.13. The van der Waals surface area contributed by atoms with Crippen LogP contribution in [-0.4, -0.2) is 32.7 Å². The smallest absolute Gasteiger partial charge is 0.211 e. The van der Waals surface area contributed by atoms with E-state index in [-0.39, 0.29) is 5.37 Å². The monoisotopic (exact) mass is 439 g/mol. The average molecular weight is 440 g/mol. The van der Waals surface area contributed by atoms with E-state index in [1.54, 1.807) is 39.3 Å². The molecule has 1 atom stereocenters. The van der Waals surface area contributed by atoms with Crippen molar-refractivity contribution in [2.24, 2.45) is 0 Å². The van der Waals surface area contributed by atoms with Crippen LogP contribution in [0.1, 0.15) is 16.5 Å². The van der Waals surface area contributed by atoms with Crippen molar-refractivity contribution < 1.29 is 19.0 Å². The van der Waals surface area contributed by atoms with Gasteiger partial charge in [-0.25, -0.2) is 0 Å². The number of rotatable bonds is 6. The van der Waals surface area contributed by atoms with Crippen LogP contribution in [0.3, 0.4) is 0 Å². The van der Waals surface area contributed by atoms with Gasteiger partial charge in [-0.05, 0) is 42.3 Å². The first-order chi connectivity index (χ1) is 15.1. The number of thioether (sulfide) groups is 1. The fraction of sp³-hybridized carbons (Fsp3) is 0.217. The Morgan fingerprint density at radius 1 is 1.06 bits per heavy atom. The number of fused-ring (bicyclic) bond motifs is 1. The number of nitrogens with one attached hydrogen (secondary N) is 2. The first-order valence-corrected chi connectivity index (χ1v) is 10.4. The van der Waals surface area contributed by atoms with Crippen LogP contribution in [0.2, 0.25) is 0 Å². The lowest BCUT2D eigenvalue weighted by molar-refractivity contribution is -0.105. The molecule has 7 nitrogen and oxygen atoms in total. The van der Waals surface area contributed by atoms with Gasteiger partial charge in [-0.1, -0.05) is 30.0 Å². The average Bonchev–Trinajstić information content (AvgIpc) is 3.24. The van der Waals surface area contributed by atoms with E-state index in [1.807, 2.05) is 55.6 Å². The fourth-order valence-corrected chi connectivity index (χ4v) is 4.25. The summed E-state index contributed by atoms with van der Waals surface area (Å²) in [5.74, 6) is 2.05. The summed E-state index contributed by atoms with van der Waals surface area (Å²) in [6, 6.07) is 13.6. The predicted octanol–water partition coefficient (Wildman–Crippen LogP) is 4.89. The molecule has 0 fully saturated rings. The van der Waals surface area contributed by atoms with Gasteiger partial charge in [0, 0.05) is 16.8 Å². The van der Waals surface area contributed by atoms with Gasteiger partial charge < -0.3 is 24.8 Å². The standard InChI is InChI=1S/C13H11N3OS.C10H14O3/c17-8-15-10-3-1-2-9(6-10)13-16-11-7-14-5-4-12(11)18-13;1-7-5-6-8(11-2)10(13-4)9(7)12-3/h1-8,13,16H,(H,15,17);5-6H,1-4H3. The maximum Gasteiger partial charge on any atom is 0.211 e. The molecule has 0 aliphatic carbocycles. The molecule has 1 aromatic heterocycles. The first kappa shape index (κ1) is 22.3. The zero-order chi connectivity index (χ0) is 22.2. The third-order valence-electron chi connectivity index (χ3n) is 4.63. The number of nitrogens with zero attached hydrogens (tertiary/aromatic N) is 1. The Kier molecular flexibility index (Phi) is 7.61. The lowest BCUT2D eigenvalue weighted by Crippen LogP contribution is -2.02. The quantitative estimate of drug-likeness (QED) is 0.529. The molecule has 0 bridgehead atoms. The van der Waals surface area contributed by atoms with Crippen LogP contribution in [0.15, 0.2) is 59.8 Å². The molecule has 0 spiro atoms. The van der Waals surface area contributed by atoms with Crippen LogP contribution in [-0.2, 0) is 4.79 Å². The number of carbonyl (C=O) groups is 1. The minimum Gasteiger partial charge on any atom is -0.493 e. The van der Waals surface area contributed by atoms with E-state index >= 15 is 0 Å². The molecule has 31 heavy (non-hydrogen) atoms. The van der Waals surface area contributed by atoms with Crippen molar-refractivity contribution in [2.45, 2.75) is 17.2 Å². The van der Waals surface area contributed by atoms with Crippen LogP contribution in [0, 0.1) is 6.92 Å². The van der Waals surface area contributed by atoms with Crippen LogP contribution < -0.4 is 24.8 Å². The molecule has 162 valence electrons. The summed E-state index contributed by atoms with van der Waals surface area (Å²) in [5.41, 5.74) is 4.02. The molecule has 2 aromatic carbocycles. The van der Waals surface area contributed by atoms with Gasteiger partial charge in [0.2, 0.25) is 12.2 Å². The minimum absolute atomic E-state index is 0.164. The second kappa shape index (κ2) is 10.6. The van der Waals surface area contributed by atoms with E-state index in [2.05, 4.69) is 15.6 Å². The number of methoxy groups -OCH3 is 3. The highest BCUT2D eigenvalue weighted by atomic mass is 32.2. The Bertz CT molecular complexity index is 1020. The normalized spacial score (nSPS) is 13.7. The molecule has 1 unspecified atom stereocenters. The highest BCUT2D eigenvalue weighted by Gasteiger charge is 2.22. The third kappa shape index (κ3) is 5.21. The van der Waals surface area contributed by atoms with Gasteiger partial charge >= 0.3 is 0 Å². The summed E-state index contributed by atoms with van der Waals surface area (Å²) >= 11 is 1.75. The third-order valence-corrected chi connectivity index (χ3v) is 5.86. The molecule has 0 radical (unpaired) electrons. The maximum absolute atomic E-state index is 10.4. The van der Waals surface area contributed by atoms with Crippen molar-refractivity contribution >= 4 is 29.5 Å². The zero-order valence-corrected chi connectivity index (χ0v) is 18.7. The van der Waals surface area contributed by atoms with Crippen LogP contribution in [0.4, 0.5) is 11.4 Å². The van der Waals surface area contributed by atoms with E-state index < -0.39 is 0 Å².